The van der Waals surface area contributed by atoms with E-state index in [9.17, 15) is 5.26 Å². The molecule has 0 fully saturated rings. The van der Waals surface area contributed by atoms with Crippen LogP contribution in [0.15, 0.2) is 56.0 Å². The van der Waals surface area contributed by atoms with Crippen molar-refractivity contribution in [2.24, 2.45) is 0 Å². The first-order valence-electron chi connectivity index (χ1n) is 8.75. The molecule has 6 heteroatoms. The van der Waals surface area contributed by atoms with Crippen LogP contribution in [0.5, 0.6) is 0 Å². The Bertz CT molecular complexity index is 1140. The van der Waals surface area contributed by atoms with Gasteiger partial charge in [-0.3, -0.25) is 0 Å². The van der Waals surface area contributed by atoms with Crippen molar-refractivity contribution in [2.75, 3.05) is 11.1 Å². The Morgan fingerprint density at radius 1 is 1.11 bits per heavy atom. The van der Waals surface area contributed by atoms with Crippen molar-refractivity contribution in [3.8, 4) is 6.07 Å². The maximum Gasteiger partial charge on any atom is 0.158 e. The van der Waals surface area contributed by atoms with Crippen LogP contribution >= 0.6 is 23.5 Å². The predicted molar refractivity (Wildman–Crippen MR) is 114 cm³/mol. The summed E-state index contributed by atoms with van der Waals surface area (Å²) in [5.74, 6) is -0.559. The average molecular weight is 408 g/mol. The minimum Gasteiger partial charge on any atom is -0.396 e. The van der Waals surface area contributed by atoms with Crippen molar-refractivity contribution >= 4 is 40.6 Å². The first-order valence-corrected chi connectivity index (χ1v) is 10.4. The van der Waals surface area contributed by atoms with Crippen LogP contribution in [0.4, 0.5) is 21.5 Å². The minimum atomic E-state index is -0.559. The lowest BCUT2D eigenvalue weighted by Crippen LogP contribution is -2.09. The maximum atomic E-state index is 15.4. The highest BCUT2D eigenvalue weighted by molar-refractivity contribution is 8.02. The molecule has 3 nitrogen and oxygen atoms in total. The Balaban J connectivity index is 1.93. The van der Waals surface area contributed by atoms with Crippen molar-refractivity contribution in [3.05, 3.63) is 64.5 Å². The second-order valence-corrected chi connectivity index (χ2v) is 8.87. The highest BCUT2D eigenvalue weighted by Crippen LogP contribution is 2.53. The number of fused-ring (bicyclic) bond motifs is 2. The predicted octanol–water partition coefficient (Wildman–Crippen LogP) is 6.56. The van der Waals surface area contributed by atoms with Crippen molar-refractivity contribution in [1.82, 2.24) is 0 Å². The van der Waals surface area contributed by atoms with Gasteiger partial charge in [0.2, 0.25) is 0 Å². The highest BCUT2D eigenvalue weighted by Gasteiger charge is 2.28. The van der Waals surface area contributed by atoms with E-state index in [1.807, 2.05) is 51.1 Å². The van der Waals surface area contributed by atoms with Gasteiger partial charge in [-0.1, -0.05) is 53.4 Å². The van der Waals surface area contributed by atoms with Crippen LogP contribution in [0.3, 0.4) is 0 Å². The van der Waals surface area contributed by atoms with Crippen LogP contribution in [0, 0.1) is 37.9 Å². The normalized spacial score (nSPS) is 12.0. The molecule has 3 aromatic carbocycles. The van der Waals surface area contributed by atoms with E-state index in [4.69, 9.17) is 5.73 Å². The number of para-hydroxylation sites is 1. The molecule has 28 heavy (non-hydrogen) atoms. The molecule has 0 spiro atoms. The third-order valence-corrected chi connectivity index (χ3v) is 7.42. The number of benzene rings is 3. The summed E-state index contributed by atoms with van der Waals surface area (Å²) < 4.78 is 15.4. The summed E-state index contributed by atoms with van der Waals surface area (Å²) in [5.41, 5.74) is 11.0. The van der Waals surface area contributed by atoms with E-state index >= 15 is 4.39 Å². The maximum absolute atomic E-state index is 15.4. The van der Waals surface area contributed by atoms with Gasteiger partial charge in [0.15, 0.2) is 5.82 Å². The molecule has 0 saturated carbocycles. The molecule has 0 aliphatic carbocycles. The number of nitrogen functional groups attached to an aromatic ring is 1. The third-order valence-electron chi connectivity index (χ3n) is 4.67. The van der Waals surface area contributed by atoms with Crippen LogP contribution in [-0.2, 0) is 0 Å². The van der Waals surface area contributed by atoms with Crippen LogP contribution in [0.1, 0.15) is 22.3 Å². The number of hydrogen-bond acceptors (Lipinski definition) is 5. The fraction of sp³-hybridized carbons (Fsp3) is 0.136. The number of hydrogen-bond donors (Lipinski definition) is 2. The quantitative estimate of drug-likeness (QED) is 0.368. The Hall–Kier alpha value is -2.62. The number of anilines is 3. The zero-order valence-corrected chi connectivity index (χ0v) is 17.3. The van der Waals surface area contributed by atoms with Gasteiger partial charge >= 0.3 is 0 Å². The SMILES string of the molecule is Cc1cc(C)c(Sc2c(F)c(C#N)c(N)c3c2Sc2ccccc2N3)c(C)c1. The Morgan fingerprint density at radius 3 is 2.46 bits per heavy atom. The number of nitrogens with two attached hydrogens (primary N) is 1. The van der Waals surface area contributed by atoms with Gasteiger partial charge in [-0.15, -0.1) is 0 Å². The molecule has 0 atom stereocenters. The van der Waals surface area contributed by atoms with E-state index in [0.29, 0.717) is 10.6 Å². The van der Waals surface area contributed by atoms with Gasteiger partial charge in [-0.05, 0) is 44.0 Å². The van der Waals surface area contributed by atoms with E-state index in [1.165, 1.54) is 29.1 Å². The van der Waals surface area contributed by atoms with Crippen molar-refractivity contribution < 1.29 is 4.39 Å². The molecule has 0 saturated heterocycles. The van der Waals surface area contributed by atoms with Gasteiger partial charge in [0.25, 0.3) is 0 Å². The van der Waals surface area contributed by atoms with Crippen LogP contribution in [0.25, 0.3) is 0 Å². The molecule has 0 unspecified atom stereocenters. The largest absolute Gasteiger partial charge is 0.396 e. The Labute approximate surface area is 172 Å². The fourth-order valence-electron chi connectivity index (χ4n) is 3.45. The van der Waals surface area contributed by atoms with Gasteiger partial charge < -0.3 is 11.1 Å². The standard InChI is InChI=1S/C22H18FN3S2/c1-11-8-12(2)20(13(3)9-11)28-21-17(23)14(10-24)18(25)19-22(21)27-16-7-5-4-6-15(16)26-19/h4-9,26H,25H2,1-3H3. The molecule has 0 radical (unpaired) electrons. The lowest BCUT2D eigenvalue weighted by Gasteiger charge is -2.26. The monoisotopic (exact) mass is 407 g/mol. The molecule has 1 aliphatic rings. The summed E-state index contributed by atoms with van der Waals surface area (Å²) in [7, 11) is 0. The lowest BCUT2D eigenvalue weighted by molar-refractivity contribution is 0.591. The number of nitriles is 1. The van der Waals surface area contributed by atoms with E-state index in [-0.39, 0.29) is 11.3 Å². The Morgan fingerprint density at radius 2 is 1.79 bits per heavy atom. The lowest BCUT2D eigenvalue weighted by atomic mass is 10.1. The summed E-state index contributed by atoms with van der Waals surface area (Å²) in [4.78, 5) is 3.15. The van der Waals surface area contributed by atoms with E-state index in [0.717, 1.165) is 31.5 Å². The van der Waals surface area contributed by atoms with Crippen LogP contribution < -0.4 is 11.1 Å². The minimum absolute atomic E-state index is 0.115. The second kappa shape index (κ2) is 7.08. The fourth-order valence-corrected chi connectivity index (χ4v) is 5.77. The van der Waals surface area contributed by atoms with Gasteiger partial charge in [0.1, 0.15) is 11.6 Å². The van der Waals surface area contributed by atoms with Crippen LogP contribution in [0.2, 0.25) is 0 Å². The molecule has 3 N–H and O–H groups in total. The average Bonchev–Trinajstić information content (AvgIpc) is 2.66. The Kier molecular flexibility index (Phi) is 4.74. The smallest absolute Gasteiger partial charge is 0.158 e. The highest BCUT2D eigenvalue weighted by atomic mass is 32.2. The molecular formula is C22H18FN3S2. The number of nitrogens with zero attached hydrogens (tertiary/aromatic N) is 1. The topological polar surface area (TPSA) is 61.8 Å². The summed E-state index contributed by atoms with van der Waals surface area (Å²) in [5, 5.41) is 12.8. The number of halogens is 1. The number of rotatable bonds is 2. The first-order chi connectivity index (χ1) is 13.4. The van der Waals surface area contributed by atoms with Gasteiger partial charge in [0, 0.05) is 9.79 Å². The summed E-state index contributed by atoms with van der Waals surface area (Å²) >= 11 is 2.84. The van der Waals surface area contributed by atoms with Gasteiger partial charge in [-0.25, -0.2) is 4.39 Å². The zero-order chi connectivity index (χ0) is 20.0. The molecule has 1 aliphatic heterocycles. The first kappa shape index (κ1) is 18.7. The van der Waals surface area contributed by atoms with Gasteiger partial charge in [0.05, 0.1) is 26.9 Å². The van der Waals surface area contributed by atoms with E-state index in [1.54, 1.807) is 0 Å². The molecule has 140 valence electrons. The third kappa shape index (κ3) is 3.01. The number of aryl methyl sites for hydroxylation is 3. The zero-order valence-electron chi connectivity index (χ0n) is 15.7. The summed E-state index contributed by atoms with van der Waals surface area (Å²) in [6, 6.07) is 13.9. The van der Waals surface area contributed by atoms with Crippen LogP contribution in [-0.4, -0.2) is 0 Å². The molecular weight excluding hydrogens is 389 g/mol. The summed E-state index contributed by atoms with van der Waals surface area (Å²) in [6.07, 6.45) is 0. The van der Waals surface area contributed by atoms with Crippen molar-refractivity contribution in [1.29, 1.82) is 5.26 Å². The van der Waals surface area contributed by atoms with Crippen molar-refractivity contribution in [3.63, 3.8) is 0 Å². The molecule has 3 aromatic rings. The molecule has 4 rings (SSSR count). The molecule has 0 bridgehead atoms. The molecule has 0 amide bonds. The van der Waals surface area contributed by atoms with Crippen molar-refractivity contribution in [2.45, 2.75) is 40.4 Å². The molecule has 1 heterocycles. The molecule has 0 aromatic heterocycles. The van der Waals surface area contributed by atoms with E-state index < -0.39 is 5.82 Å². The summed E-state index contributed by atoms with van der Waals surface area (Å²) in [6.45, 7) is 6.09. The van der Waals surface area contributed by atoms with Gasteiger partial charge in [-0.2, -0.15) is 5.26 Å². The van der Waals surface area contributed by atoms with E-state index in [2.05, 4.69) is 17.4 Å². The second-order valence-electron chi connectivity index (χ2n) is 6.80. The number of nitrogens with one attached hydrogen (secondary N) is 1.